The molecule has 2 atom stereocenters. The van der Waals surface area contributed by atoms with Crippen molar-refractivity contribution in [3.63, 3.8) is 0 Å². The molecule has 0 aliphatic heterocycles. The van der Waals surface area contributed by atoms with Gasteiger partial charge in [0.1, 0.15) is 6.10 Å². The van der Waals surface area contributed by atoms with E-state index in [2.05, 4.69) is 25.7 Å². The van der Waals surface area contributed by atoms with Crippen molar-refractivity contribution in [1.29, 1.82) is 0 Å². The highest BCUT2D eigenvalue weighted by molar-refractivity contribution is 5.69. The van der Waals surface area contributed by atoms with Gasteiger partial charge in [0.05, 0.1) is 12.7 Å². The minimum absolute atomic E-state index is 0.0200. The summed E-state index contributed by atoms with van der Waals surface area (Å²) in [6.45, 7) is 9.88. The molecule has 0 saturated heterocycles. The van der Waals surface area contributed by atoms with Crippen LogP contribution in [0.25, 0.3) is 0 Å². The Morgan fingerprint density at radius 1 is 0.547 bits per heavy atom. The largest absolute Gasteiger partial charge is 0.462 e. The summed E-state index contributed by atoms with van der Waals surface area (Å²) in [5.41, 5.74) is 0. The van der Waals surface area contributed by atoms with Crippen molar-refractivity contribution in [2.45, 2.75) is 264 Å². The molecule has 0 aromatic heterocycles. The summed E-state index contributed by atoms with van der Waals surface area (Å²) in [6, 6.07) is 0. The summed E-state index contributed by atoms with van der Waals surface area (Å²) in [5, 5.41) is 20.1. The fourth-order valence-corrected chi connectivity index (χ4v) is 7.89. The molecular weight excluding hydrogens is 659 g/mol. The minimum atomic E-state index is -0.596. The average Bonchev–Trinajstić information content (AvgIpc) is 4.00. The standard InChI is InChI=1S/C47H93NO5/c1-4-7-10-13-18-25-32-44(33-26-19-14-11-8-5-2)52-46(50)35-28-21-16-23-30-39-48(41-42-49)40-31-24-17-22-29-36-47(51)53-45(43-37-38-43)34-27-20-15-12-9-6-3/h43-45,47,49,51H,4-42H2,1-3H3. The van der Waals surface area contributed by atoms with Crippen LogP contribution in [0.5, 0.6) is 0 Å². The summed E-state index contributed by atoms with van der Waals surface area (Å²) >= 11 is 0. The summed E-state index contributed by atoms with van der Waals surface area (Å²) in [7, 11) is 0. The molecule has 1 aliphatic carbocycles. The zero-order chi connectivity index (χ0) is 38.5. The number of carbonyl (C=O) groups is 1. The summed E-state index contributed by atoms with van der Waals surface area (Å²) in [4.78, 5) is 15.1. The Kier molecular flexibility index (Phi) is 36.3. The zero-order valence-corrected chi connectivity index (χ0v) is 36.0. The maximum Gasteiger partial charge on any atom is 0.306 e. The Morgan fingerprint density at radius 3 is 1.43 bits per heavy atom. The molecule has 6 heteroatoms. The van der Waals surface area contributed by atoms with E-state index >= 15 is 0 Å². The van der Waals surface area contributed by atoms with E-state index in [0.717, 1.165) is 83.8 Å². The van der Waals surface area contributed by atoms with Crippen LogP contribution in [0, 0.1) is 5.92 Å². The maximum atomic E-state index is 12.7. The second kappa shape index (κ2) is 38.2. The maximum absolute atomic E-state index is 12.7. The molecule has 0 aromatic rings. The average molecular weight is 752 g/mol. The molecule has 1 saturated carbocycles. The molecule has 0 amide bonds. The van der Waals surface area contributed by atoms with Gasteiger partial charge in [0, 0.05) is 13.0 Å². The highest BCUT2D eigenvalue weighted by atomic mass is 16.6. The third kappa shape index (κ3) is 33.2. The molecule has 1 aliphatic rings. The van der Waals surface area contributed by atoms with Crippen molar-refractivity contribution in [3.05, 3.63) is 0 Å². The van der Waals surface area contributed by atoms with E-state index < -0.39 is 6.29 Å². The van der Waals surface area contributed by atoms with Crippen LogP contribution >= 0.6 is 0 Å². The first-order valence-corrected chi connectivity index (χ1v) is 23.9. The lowest BCUT2D eigenvalue weighted by molar-refractivity contribution is -0.150. The molecule has 0 bridgehead atoms. The van der Waals surface area contributed by atoms with Crippen LogP contribution in [0.4, 0.5) is 0 Å². The first kappa shape index (κ1) is 50.3. The fourth-order valence-electron chi connectivity index (χ4n) is 7.89. The van der Waals surface area contributed by atoms with E-state index in [1.54, 1.807) is 0 Å². The molecule has 0 spiro atoms. The quantitative estimate of drug-likeness (QED) is 0.0367. The lowest BCUT2D eigenvalue weighted by Crippen LogP contribution is -2.29. The monoisotopic (exact) mass is 752 g/mol. The predicted molar refractivity (Wildman–Crippen MR) is 226 cm³/mol. The Hall–Kier alpha value is -0.690. The Balaban J connectivity index is 2.12. The highest BCUT2D eigenvalue weighted by Gasteiger charge is 2.32. The molecule has 53 heavy (non-hydrogen) atoms. The molecule has 316 valence electrons. The van der Waals surface area contributed by atoms with Gasteiger partial charge >= 0.3 is 5.97 Å². The van der Waals surface area contributed by atoms with Gasteiger partial charge in [-0.3, -0.25) is 4.79 Å². The number of aliphatic hydroxyl groups excluding tert-OH is 2. The first-order chi connectivity index (χ1) is 26.0. The number of ether oxygens (including phenoxy) is 2. The van der Waals surface area contributed by atoms with Gasteiger partial charge in [0.2, 0.25) is 0 Å². The Labute approximate surface area is 330 Å². The van der Waals surface area contributed by atoms with Crippen molar-refractivity contribution in [2.75, 3.05) is 26.2 Å². The van der Waals surface area contributed by atoms with Crippen LogP contribution < -0.4 is 0 Å². The van der Waals surface area contributed by atoms with E-state index in [0.29, 0.717) is 12.3 Å². The lowest BCUT2D eigenvalue weighted by atomic mass is 10.0. The minimum Gasteiger partial charge on any atom is -0.462 e. The SMILES string of the molecule is CCCCCCCCC(CCCCCCCC)OC(=O)CCCCCCCN(CCO)CCCCCCCC(O)OC(CCCCCCCC)C1CC1. The summed E-state index contributed by atoms with van der Waals surface area (Å²) in [5.74, 6) is 0.710. The molecule has 0 radical (unpaired) electrons. The number of nitrogens with zero attached hydrogens (tertiary/aromatic N) is 1. The van der Waals surface area contributed by atoms with E-state index in [1.807, 2.05) is 0 Å². The van der Waals surface area contributed by atoms with Crippen LogP contribution in [0.15, 0.2) is 0 Å². The lowest BCUT2D eigenvalue weighted by Gasteiger charge is -2.22. The topological polar surface area (TPSA) is 79.2 Å². The molecule has 1 fully saturated rings. The molecule has 0 heterocycles. The fraction of sp³-hybridized carbons (Fsp3) is 0.979. The van der Waals surface area contributed by atoms with Gasteiger partial charge in [-0.15, -0.1) is 0 Å². The van der Waals surface area contributed by atoms with Crippen molar-refractivity contribution in [2.24, 2.45) is 5.92 Å². The molecule has 1 rings (SSSR count). The van der Waals surface area contributed by atoms with Crippen LogP contribution in [-0.2, 0) is 14.3 Å². The summed E-state index contributed by atoms with van der Waals surface area (Å²) in [6.07, 6.45) is 41.5. The van der Waals surface area contributed by atoms with Gasteiger partial charge in [0.25, 0.3) is 0 Å². The van der Waals surface area contributed by atoms with E-state index in [4.69, 9.17) is 9.47 Å². The number of carbonyl (C=O) groups excluding carboxylic acids is 1. The number of hydrogen-bond donors (Lipinski definition) is 2. The second-order valence-corrected chi connectivity index (χ2v) is 16.9. The predicted octanol–water partition coefficient (Wildman–Crippen LogP) is 13.2. The van der Waals surface area contributed by atoms with E-state index in [9.17, 15) is 15.0 Å². The number of unbranched alkanes of at least 4 members (excludes halogenated alkanes) is 23. The number of aliphatic hydroxyl groups is 2. The smallest absolute Gasteiger partial charge is 0.306 e. The van der Waals surface area contributed by atoms with Crippen molar-refractivity contribution in [3.8, 4) is 0 Å². The van der Waals surface area contributed by atoms with Crippen LogP contribution in [0.1, 0.15) is 245 Å². The number of esters is 1. The normalized spacial score (nSPS) is 14.4. The van der Waals surface area contributed by atoms with Crippen molar-refractivity contribution in [1.82, 2.24) is 4.90 Å². The Morgan fingerprint density at radius 2 is 0.962 bits per heavy atom. The Bertz CT molecular complexity index is 745. The van der Waals surface area contributed by atoms with Crippen molar-refractivity contribution >= 4 is 5.97 Å². The highest BCUT2D eigenvalue weighted by Crippen LogP contribution is 2.37. The van der Waals surface area contributed by atoms with Crippen LogP contribution in [0.3, 0.4) is 0 Å². The summed E-state index contributed by atoms with van der Waals surface area (Å²) < 4.78 is 12.2. The van der Waals surface area contributed by atoms with Crippen LogP contribution in [-0.4, -0.2) is 65.8 Å². The molecule has 2 unspecified atom stereocenters. The van der Waals surface area contributed by atoms with Gasteiger partial charge < -0.3 is 24.6 Å². The zero-order valence-electron chi connectivity index (χ0n) is 36.0. The van der Waals surface area contributed by atoms with Crippen LogP contribution in [0.2, 0.25) is 0 Å². The molecular formula is C47H93NO5. The van der Waals surface area contributed by atoms with Gasteiger partial charge in [0.15, 0.2) is 6.29 Å². The first-order valence-electron chi connectivity index (χ1n) is 23.9. The molecule has 6 nitrogen and oxygen atoms in total. The third-order valence-electron chi connectivity index (χ3n) is 11.6. The number of hydrogen-bond acceptors (Lipinski definition) is 6. The number of rotatable bonds is 43. The second-order valence-electron chi connectivity index (χ2n) is 16.9. The molecule has 0 aromatic carbocycles. The van der Waals surface area contributed by atoms with Gasteiger partial charge in [-0.2, -0.15) is 0 Å². The van der Waals surface area contributed by atoms with E-state index in [1.165, 1.54) is 154 Å². The van der Waals surface area contributed by atoms with Gasteiger partial charge in [-0.1, -0.05) is 162 Å². The third-order valence-corrected chi connectivity index (χ3v) is 11.6. The van der Waals surface area contributed by atoms with Gasteiger partial charge in [-0.05, 0) is 96.1 Å². The van der Waals surface area contributed by atoms with E-state index in [-0.39, 0.29) is 24.8 Å². The molecule has 2 N–H and O–H groups in total. The van der Waals surface area contributed by atoms with Crippen molar-refractivity contribution < 1.29 is 24.5 Å². The van der Waals surface area contributed by atoms with Gasteiger partial charge in [-0.25, -0.2) is 0 Å².